The molecule has 0 amide bonds. The zero-order valence-corrected chi connectivity index (χ0v) is 23.8. The standard InChI is InChI=1S/C26H32N10O2S.2H3N.2H2/c37-39(38,35-20-7-6-18-16-28-34-23(18)15-20)22-10-8-19(9-11-22)29-24-31-25(30-21-5-4-12-27-17-21)33-26(32-24)36-13-2-1-3-14-36;;;;/h6-11,15-16,21,27,35H,1-5,12-14,17H2,(H,28,34)(H2,29,30,31,32,33);2*1H3;2*1H. The number of rotatable bonds is 8. The van der Waals surface area contributed by atoms with Crippen LogP contribution in [0.1, 0.15) is 35.0 Å². The van der Waals surface area contributed by atoms with Crippen molar-refractivity contribution in [2.75, 3.05) is 46.4 Å². The summed E-state index contributed by atoms with van der Waals surface area (Å²) in [6, 6.07) is 12.0. The molecule has 14 nitrogen and oxygen atoms in total. The largest absolute Gasteiger partial charge is 0.350 e. The third-order valence-corrected chi connectivity index (χ3v) is 8.40. The number of aromatic amines is 1. The van der Waals surface area contributed by atoms with Gasteiger partial charge in [-0.3, -0.25) is 9.82 Å². The number of nitrogens with one attached hydrogen (secondary N) is 5. The Morgan fingerprint density at radius 3 is 2.41 bits per heavy atom. The minimum absolute atomic E-state index is 0. The smallest absolute Gasteiger partial charge is 0.261 e. The summed E-state index contributed by atoms with van der Waals surface area (Å²) in [6.07, 6.45) is 7.29. The molecular formula is C26H42N12O2S. The van der Waals surface area contributed by atoms with E-state index < -0.39 is 10.0 Å². The zero-order chi connectivity index (χ0) is 26.7. The first-order valence-corrected chi connectivity index (χ1v) is 14.8. The van der Waals surface area contributed by atoms with Gasteiger partial charge in [-0.15, -0.1) is 0 Å². The fourth-order valence-electron chi connectivity index (χ4n) is 4.94. The van der Waals surface area contributed by atoms with Crippen molar-refractivity contribution in [2.45, 2.75) is 43.0 Å². The molecule has 0 radical (unpaired) electrons. The second-order valence-electron chi connectivity index (χ2n) is 9.94. The van der Waals surface area contributed by atoms with E-state index in [1.165, 1.54) is 6.42 Å². The molecule has 2 aromatic carbocycles. The third kappa shape index (κ3) is 7.18. The van der Waals surface area contributed by atoms with Crippen LogP contribution in [-0.4, -0.2) is 65.8 Å². The average Bonchev–Trinajstić information content (AvgIpc) is 3.42. The first kappa shape index (κ1) is 29.9. The number of piperidine rings is 2. The van der Waals surface area contributed by atoms with Gasteiger partial charge >= 0.3 is 0 Å². The highest BCUT2D eigenvalue weighted by molar-refractivity contribution is 7.92. The summed E-state index contributed by atoms with van der Waals surface area (Å²) in [5, 5.41) is 17.8. The molecule has 0 spiro atoms. The Balaban J connectivity index is 0.00000161. The molecule has 6 rings (SSSR count). The van der Waals surface area contributed by atoms with Crippen molar-refractivity contribution in [3.8, 4) is 0 Å². The van der Waals surface area contributed by atoms with E-state index in [0.29, 0.717) is 29.2 Å². The van der Waals surface area contributed by atoms with Gasteiger partial charge in [0.25, 0.3) is 10.0 Å². The molecule has 224 valence electrons. The molecule has 2 fully saturated rings. The minimum atomic E-state index is -3.77. The number of anilines is 5. The van der Waals surface area contributed by atoms with Gasteiger partial charge < -0.3 is 33.2 Å². The number of nitrogens with zero attached hydrogens (tertiary/aromatic N) is 5. The predicted octanol–water partition coefficient (Wildman–Crippen LogP) is 4.26. The van der Waals surface area contributed by atoms with E-state index >= 15 is 0 Å². The molecule has 2 saturated heterocycles. The fourth-order valence-corrected chi connectivity index (χ4v) is 5.99. The molecular weight excluding hydrogens is 544 g/mol. The van der Waals surface area contributed by atoms with E-state index in [1.54, 1.807) is 42.6 Å². The third-order valence-electron chi connectivity index (χ3n) is 7.01. The Hall–Kier alpha value is -4.05. The van der Waals surface area contributed by atoms with Crippen molar-refractivity contribution in [2.24, 2.45) is 0 Å². The number of hydrogen-bond donors (Lipinski definition) is 7. The van der Waals surface area contributed by atoms with Crippen LogP contribution in [0.5, 0.6) is 0 Å². The maximum absolute atomic E-state index is 13.0. The monoisotopic (exact) mass is 586 g/mol. The quantitative estimate of drug-likeness (QED) is 0.154. The highest BCUT2D eigenvalue weighted by Crippen LogP contribution is 2.24. The molecule has 2 aromatic heterocycles. The van der Waals surface area contributed by atoms with Crippen molar-refractivity contribution in [3.05, 3.63) is 48.7 Å². The van der Waals surface area contributed by atoms with Gasteiger partial charge in [-0.05, 0) is 81.1 Å². The summed E-state index contributed by atoms with van der Waals surface area (Å²) in [5.74, 6) is 1.61. The van der Waals surface area contributed by atoms with Crippen molar-refractivity contribution in [1.82, 2.24) is 42.8 Å². The summed E-state index contributed by atoms with van der Waals surface area (Å²) < 4.78 is 28.6. The van der Waals surface area contributed by atoms with E-state index in [2.05, 4.69) is 40.8 Å². The minimum Gasteiger partial charge on any atom is -0.350 e. The molecule has 0 aliphatic carbocycles. The summed E-state index contributed by atoms with van der Waals surface area (Å²) in [5.41, 5.74) is 1.89. The van der Waals surface area contributed by atoms with Crippen LogP contribution in [0.2, 0.25) is 0 Å². The second-order valence-corrected chi connectivity index (χ2v) is 11.6. The van der Waals surface area contributed by atoms with Crippen LogP contribution in [0, 0.1) is 0 Å². The lowest BCUT2D eigenvalue weighted by atomic mass is 10.1. The highest BCUT2D eigenvalue weighted by Gasteiger charge is 2.20. The van der Waals surface area contributed by atoms with Crippen molar-refractivity contribution >= 4 is 50.1 Å². The fraction of sp³-hybridized carbons (Fsp3) is 0.385. The molecule has 2 aliphatic heterocycles. The number of benzene rings is 2. The molecule has 4 aromatic rings. The molecule has 1 atom stereocenters. The van der Waals surface area contributed by atoms with Crippen LogP contribution in [-0.2, 0) is 10.0 Å². The average molecular weight is 587 g/mol. The number of hydrogen-bond acceptors (Lipinski definition) is 12. The first-order chi connectivity index (χ1) is 19.0. The van der Waals surface area contributed by atoms with Gasteiger partial charge in [-0.1, -0.05) is 0 Å². The number of fused-ring (bicyclic) bond motifs is 1. The molecule has 4 heterocycles. The Morgan fingerprint density at radius 2 is 1.66 bits per heavy atom. The van der Waals surface area contributed by atoms with Crippen molar-refractivity contribution in [3.63, 3.8) is 0 Å². The van der Waals surface area contributed by atoms with Crippen LogP contribution in [0.3, 0.4) is 0 Å². The Labute approximate surface area is 242 Å². The van der Waals surface area contributed by atoms with Gasteiger partial charge in [-0.25, -0.2) is 8.42 Å². The van der Waals surface area contributed by atoms with Crippen LogP contribution in [0.15, 0.2) is 53.6 Å². The molecule has 1 unspecified atom stereocenters. The van der Waals surface area contributed by atoms with E-state index in [0.717, 1.165) is 62.8 Å². The highest BCUT2D eigenvalue weighted by atomic mass is 32.2. The lowest BCUT2D eigenvalue weighted by molar-refractivity contribution is 0.477. The number of H-pyrrole nitrogens is 1. The van der Waals surface area contributed by atoms with Gasteiger partial charge in [0.05, 0.1) is 22.3 Å². The van der Waals surface area contributed by atoms with Gasteiger partial charge in [0, 0.05) is 39.6 Å². The Kier molecular flexibility index (Phi) is 9.54. The van der Waals surface area contributed by atoms with E-state index in [9.17, 15) is 8.42 Å². The van der Waals surface area contributed by atoms with Gasteiger partial charge in [0.1, 0.15) is 0 Å². The first-order valence-electron chi connectivity index (χ1n) is 13.3. The Bertz CT molecular complexity index is 1540. The van der Waals surface area contributed by atoms with E-state index in [4.69, 9.17) is 9.97 Å². The topological polar surface area (TPSA) is 223 Å². The molecule has 11 N–H and O–H groups in total. The molecule has 0 bridgehead atoms. The van der Waals surface area contributed by atoms with E-state index in [-0.39, 0.29) is 26.1 Å². The van der Waals surface area contributed by atoms with Crippen molar-refractivity contribution in [1.29, 1.82) is 0 Å². The van der Waals surface area contributed by atoms with Crippen LogP contribution >= 0.6 is 0 Å². The number of aromatic nitrogens is 5. The molecule has 41 heavy (non-hydrogen) atoms. The summed E-state index contributed by atoms with van der Waals surface area (Å²) in [4.78, 5) is 16.4. The van der Waals surface area contributed by atoms with Crippen molar-refractivity contribution < 1.29 is 11.3 Å². The molecule has 15 heteroatoms. The van der Waals surface area contributed by atoms with Gasteiger partial charge in [-0.2, -0.15) is 20.1 Å². The van der Waals surface area contributed by atoms with Gasteiger partial charge in [0.15, 0.2) is 0 Å². The maximum atomic E-state index is 13.0. The van der Waals surface area contributed by atoms with Crippen LogP contribution < -0.4 is 37.9 Å². The van der Waals surface area contributed by atoms with E-state index in [1.807, 2.05) is 6.07 Å². The zero-order valence-electron chi connectivity index (χ0n) is 22.9. The molecule has 0 saturated carbocycles. The SMILES string of the molecule is N.N.O=S(=O)(Nc1ccc2cn[nH]c2c1)c1ccc(Nc2nc(NC3CCCNC3)nc(N3CCCCC3)n2)cc1.[HH].[HH]. The van der Waals surface area contributed by atoms with Crippen LogP contribution in [0.4, 0.5) is 29.2 Å². The lowest BCUT2D eigenvalue weighted by Crippen LogP contribution is -2.39. The second kappa shape index (κ2) is 13.1. The summed E-state index contributed by atoms with van der Waals surface area (Å²) in [6.45, 7) is 3.73. The maximum Gasteiger partial charge on any atom is 0.261 e. The number of sulfonamides is 1. The molecule has 2 aliphatic rings. The van der Waals surface area contributed by atoms with Crippen LogP contribution in [0.25, 0.3) is 10.9 Å². The summed E-state index contributed by atoms with van der Waals surface area (Å²) in [7, 11) is -3.77. The normalized spacial score (nSPS) is 17.3. The van der Waals surface area contributed by atoms with Gasteiger partial charge in [0.2, 0.25) is 17.8 Å². The lowest BCUT2D eigenvalue weighted by Gasteiger charge is -2.28. The predicted molar refractivity (Wildman–Crippen MR) is 166 cm³/mol. The summed E-state index contributed by atoms with van der Waals surface area (Å²) >= 11 is 0. The Morgan fingerprint density at radius 1 is 0.902 bits per heavy atom.